The second-order valence-electron chi connectivity index (χ2n) is 16.3. The molecular formula is C41H57N5O8Si. The number of nitrogens with one attached hydrogen (secondary N) is 4. The Kier molecular flexibility index (Phi) is 12.1. The van der Waals surface area contributed by atoms with E-state index < -0.39 is 57.0 Å². The molecule has 5 N–H and O–H groups in total. The highest BCUT2D eigenvalue weighted by molar-refractivity contribution is 6.74. The van der Waals surface area contributed by atoms with Gasteiger partial charge in [-0.15, -0.1) is 0 Å². The number of rotatable bonds is 13. The number of amides is 2. The summed E-state index contributed by atoms with van der Waals surface area (Å²) in [5.74, 6) is 0.680. The number of hydrogen-bond acceptors (Lipinski definition) is 11. The van der Waals surface area contributed by atoms with Gasteiger partial charge in [0, 0.05) is 5.92 Å². The summed E-state index contributed by atoms with van der Waals surface area (Å²) in [6.07, 6.45) is -4.83. The number of nitrogens with zero attached hydrogens (tertiary/aromatic N) is 1. The summed E-state index contributed by atoms with van der Waals surface area (Å²) in [4.78, 5) is 27.9. The van der Waals surface area contributed by atoms with Crippen LogP contribution in [0.3, 0.4) is 0 Å². The van der Waals surface area contributed by atoms with Crippen LogP contribution in [0.25, 0.3) is 0 Å². The monoisotopic (exact) mass is 775 g/mol. The quantitative estimate of drug-likeness (QED) is 0.127. The third-order valence-corrected chi connectivity index (χ3v) is 15.9. The van der Waals surface area contributed by atoms with Crippen molar-refractivity contribution in [3.8, 4) is 11.5 Å². The lowest BCUT2D eigenvalue weighted by molar-refractivity contribution is -0.139. The molecule has 3 aliphatic heterocycles. The fourth-order valence-corrected chi connectivity index (χ4v) is 8.45. The van der Waals surface area contributed by atoms with Gasteiger partial charge in [0.15, 0.2) is 14.6 Å². The van der Waals surface area contributed by atoms with Crippen molar-refractivity contribution < 1.29 is 38.1 Å². The molecule has 13 nitrogen and oxygen atoms in total. The van der Waals surface area contributed by atoms with Crippen LogP contribution in [-0.2, 0) is 29.1 Å². The number of carbonyl (C=O) groups excluding carboxylic acids is 2. The Morgan fingerprint density at radius 3 is 2.04 bits per heavy atom. The minimum Gasteiger partial charge on any atom is -0.497 e. The molecular weight excluding hydrogens is 719 g/mol. The molecule has 0 saturated carbocycles. The molecule has 3 saturated heterocycles. The fraction of sp³-hybridized carbons (Fsp3) is 0.512. The van der Waals surface area contributed by atoms with Gasteiger partial charge in [0.25, 0.3) is 0 Å². The van der Waals surface area contributed by atoms with Crippen molar-refractivity contribution in [2.24, 2.45) is 5.92 Å². The van der Waals surface area contributed by atoms with Gasteiger partial charge in [-0.3, -0.25) is 20.2 Å². The molecule has 2 amide bonds. The fourth-order valence-electron chi connectivity index (χ4n) is 7.16. The summed E-state index contributed by atoms with van der Waals surface area (Å²) in [6.45, 7) is 14.6. The summed E-state index contributed by atoms with van der Waals surface area (Å²) in [7, 11) is 0.779. The van der Waals surface area contributed by atoms with Crippen LogP contribution in [0, 0.1) is 5.92 Å². The minimum absolute atomic E-state index is 0.0155. The number of hydrogen-bond donors (Lipinski definition) is 5. The molecule has 7 atom stereocenters. The Morgan fingerprint density at radius 2 is 1.51 bits per heavy atom. The van der Waals surface area contributed by atoms with Crippen LogP contribution in [0.2, 0.25) is 18.1 Å². The van der Waals surface area contributed by atoms with Crippen LogP contribution in [-0.4, -0.2) is 101 Å². The van der Waals surface area contributed by atoms with Crippen LogP contribution in [0.5, 0.6) is 11.5 Å². The lowest BCUT2D eigenvalue weighted by Gasteiger charge is -2.43. The zero-order chi connectivity index (χ0) is 39.7. The first kappa shape index (κ1) is 40.8. The molecule has 0 bridgehead atoms. The maximum Gasteiger partial charge on any atom is 0.242 e. The van der Waals surface area contributed by atoms with E-state index in [2.05, 4.69) is 55.1 Å². The predicted molar refractivity (Wildman–Crippen MR) is 210 cm³/mol. The molecule has 3 aromatic carbocycles. The molecule has 298 valence electrons. The normalized spacial score (nSPS) is 26.1. The van der Waals surface area contributed by atoms with Gasteiger partial charge >= 0.3 is 0 Å². The molecule has 6 rings (SSSR count). The second-order valence-corrected chi connectivity index (χ2v) is 21.0. The summed E-state index contributed by atoms with van der Waals surface area (Å²) in [5.41, 5.74) is 1.44. The van der Waals surface area contributed by atoms with Crippen LogP contribution in [0.15, 0.2) is 78.9 Å². The van der Waals surface area contributed by atoms with Crippen molar-refractivity contribution >= 4 is 20.1 Å². The van der Waals surface area contributed by atoms with Gasteiger partial charge in [0.1, 0.15) is 47.7 Å². The molecule has 0 aromatic heterocycles. The first-order chi connectivity index (χ1) is 26.1. The highest BCUT2D eigenvalue weighted by Gasteiger charge is 2.56. The van der Waals surface area contributed by atoms with Gasteiger partial charge in [0.05, 0.1) is 33.7 Å². The average Bonchev–Trinajstić information content (AvgIpc) is 3.72. The molecule has 3 aromatic rings. The first-order valence-electron chi connectivity index (χ1n) is 19.0. The number of aliphatic hydroxyl groups is 1. The first-order valence-corrected chi connectivity index (χ1v) is 21.9. The summed E-state index contributed by atoms with van der Waals surface area (Å²) < 4.78 is 32.1. The van der Waals surface area contributed by atoms with Crippen molar-refractivity contribution in [1.82, 2.24) is 26.2 Å². The molecule has 3 heterocycles. The minimum atomic E-state index is -2.48. The largest absolute Gasteiger partial charge is 0.497 e. The Morgan fingerprint density at radius 1 is 0.945 bits per heavy atom. The smallest absolute Gasteiger partial charge is 0.242 e. The van der Waals surface area contributed by atoms with Crippen molar-refractivity contribution in [3.05, 3.63) is 95.6 Å². The van der Waals surface area contributed by atoms with E-state index in [4.69, 9.17) is 23.4 Å². The molecule has 55 heavy (non-hydrogen) atoms. The summed E-state index contributed by atoms with van der Waals surface area (Å²) >= 11 is 0. The Labute approximate surface area is 325 Å². The van der Waals surface area contributed by atoms with Crippen molar-refractivity contribution in [2.75, 3.05) is 27.5 Å². The molecule has 3 fully saturated rings. The predicted octanol–water partition coefficient (Wildman–Crippen LogP) is 3.82. The highest BCUT2D eigenvalue weighted by atomic mass is 28.4. The topological polar surface area (TPSA) is 152 Å². The lowest BCUT2D eigenvalue weighted by atomic mass is 9.80. The second kappa shape index (κ2) is 16.3. The average molecular weight is 776 g/mol. The number of ether oxygens (including phenoxy) is 4. The number of benzene rings is 3. The number of carbonyl (C=O) groups is 2. The maximum absolute atomic E-state index is 13.3. The molecule has 3 aliphatic rings. The van der Waals surface area contributed by atoms with Gasteiger partial charge < -0.3 is 39.1 Å². The van der Waals surface area contributed by atoms with Crippen LogP contribution >= 0.6 is 0 Å². The zero-order valence-corrected chi connectivity index (χ0v) is 34.3. The molecule has 0 spiro atoms. The third-order valence-electron chi connectivity index (χ3n) is 11.4. The Balaban J connectivity index is 1.37. The van der Waals surface area contributed by atoms with Crippen LogP contribution in [0.4, 0.5) is 0 Å². The van der Waals surface area contributed by atoms with E-state index in [0.717, 1.165) is 16.7 Å². The van der Waals surface area contributed by atoms with Gasteiger partial charge in [-0.25, -0.2) is 4.90 Å². The van der Waals surface area contributed by atoms with Gasteiger partial charge in [-0.1, -0.05) is 89.2 Å². The van der Waals surface area contributed by atoms with Crippen molar-refractivity contribution in [1.29, 1.82) is 0 Å². The number of fused-ring (bicyclic) bond motifs is 1. The van der Waals surface area contributed by atoms with E-state index in [0.29, 0.717) is 11.5 Å². The zero-order valence-electron chi connectivity index (χ0n) is 33.3. The van der Waals surface area contributed by atoms with Gasteiger partial charge in [-0.05, 0) is 59.1 Å². The Hall–Kier alpha value is -3.86. The van der Waals surface area contributed by atoms with E-state index >= 15 is 0 Å². The molecule has 3 unspecified atom stereocenters. The van der Waals surface area contributed by atoms with E-state index in [9.17, 15) is 14.7 Å². The van der Waals surface area contributed by atoms with E-state index in [-0.39, 0.29) is 36.0 Å². The standard InChI is InChI=1S/C41H57N5O8Si/c1-25(2)36(48)44-39-43-35-32(37(49)45-39)42-24-46(35)38-34(54-55(8,9)40(3,4)5)33(47)31(53-38)23-52-41(26-13-11-10-12-14-26,27-15-19-29(50-6)20-16-27)28-17-21-30(51-7)22-18-28/h10-22,25,31-35,38-39,42-43,47H,23-24H2,1-9H3,(H,44,48)(H,45,49)/t31-,32?,33-,34-,35?,38-,39?/m1/s1. The lowest BCUT2D eigenvalue weighted by Crippen LogP contribution is -2.72. The maximum atomic E-state index is 13.3. The van der Waals surface area contributed by atoms with Crippen LogP contribution < -0.4 is 30.7 Å². The van der Waals surface area contributed by atoms with Crippen LogP contribution in [0.1, 0.15) is 51.3 Å². The SMILES string of the molecule is COc1ccc(C(OC[C@H]2O[C@@H](N3CNC4C(=O)NC(NC(=O)C(C)C)NC43)[C@H](O[Si](C)(C)C(C)(C)C)[C@@H]2O)(c2ccccc2)c2ccc(OC)cc2)cc1. The molecule has 14 heteroatoms. The van der Waals surface area contributed by atoms with Gasteiger partial charge in [0.2, 0.25) is 11.8 Å². The van der Waals surface area contributed by atoms with Gasteiger partial charge in [-0.2, -0.15) is 0 Å². The summed E-state index contributed by atoms with van der Waals surface area (Å²) in [5, 5.41) is 24.5. The third kappa shape index (κ3) is 8.19. The van der Waals surface area contributed by atoms with E-state index in [1.807, 2.05) is 83.8 Å². The van der Waals surface area contributed by atoms with E-state index in [1.165, 1.54) is 0 Å². The molecule has 0 radical (unpaired) electrons. The summed E-state index contributed by atoms with van der Waals surface area (Å²) in [6, 6.07) is 24.9. The Bertz CT molecular complexity index is 1720. The number of methoxy groups -OCH3 is 2. The number of aliphatic hydroxyl groups excluding tert-OH is 1. The van der Waals surface area contributed by atoms with E-state index in [1.54, 1.807) is 28.1 Å². The van der Waals surface area contributed by atoms with Crippen molar-refractivity contribution in [3.63, 3.8) is 0 Å². The molecule has 0 aliphatic carbocycles. The highest BCUT2D eigenvalue weighted by Crippen LogP contribution is 2.44. The van der Waals surface area contributed by atoms with Crippen molar-refractivity contribution in [2.45, 2.75) is 101 Å².